The molecule has 0 bridgehead atoms. The van der Waals surface area contributed by atoms with Crippen LogP contribution in [0.25, 0.3) is 6.08 Å². The van der Waals surface area contributed by atoms with E-state index in [4.69, 9.17) is 4.74 Å². The van der Waals surface area contributed by atoms with Crippen molar-refractivity contribution in [3.8, 4) is 11.5 Å². The summed E-state index contributed by atoms with van der Waals surface area (Å²) in [6.45, 7) is 2.25. The zero-order valence-corrected chi connectivity index (χ0v) is 16.7. The van der Waals surface area contributed by atoms with E-state index in [-0.39, 0.29) is 17.5 Å². The topological polar surface area (TPSA) is 70.6 Å². The second-order valence-electron chi connectivity index (χ2n) is 5.39. The molecule has 1 aliphatic rings. The van der Waals surface area contributed by atoms with Crippen molar-refractivity contribution in [2.75, 3.05) is 11.9 Å². The van der Waals surface area contributed by atoms with Crippen LogP contribution < -0.4 is 15.4 Å². The zero-order chi connectivity index (χ0) is 18.7. The second-order valence-corrected chi connectivity index (χ2v) is 7.70. The number of anilines is 1. The highest BCUT2D eigenvalue weighted by Crippen LogP contribution is 2.36. The summed E-state index contributed by atoms with van der Waals surface area (Å²) in [5, 5.41) is 15.7. The van der Waals surface area contributed by atoms with Crippen LogP contribution >= 0.6 is 34.4 Å². The Bertz CT molecular complexity index is 876. The smallest absolute Gasteiger partial charge is 0.260 e. The first-order valence-electron chi connectivity index (χ1n) is 7.83. The van der Waals surface area contributed by atoms with Crippen molar-refractivity contribution >= 4 is 52.0 Å². The molecule has 0 saturated carbocycles. The van der Waals surface area contributed by atoms with Gasteiger partial charge in [-0.1, -0.05) is 23.9 Å². The molecule has 0 radical (unpaired) electrons. The highest BCUT2D eigenvalue weighted by Gasteiger charge is 2.27. The summed E-state index contributed by atoms with van der Waals surface area (Å²) >= 11 is 3.27. The normalized spacial score (nSPS) is 18.0. The lowest BCUT2D eigenvalue weighted by Gasteiger charge is -2.13. The van der Waals surface area contributed by atoms with Crippen molar-refractivity contribution in [2.45, 2.75) is 12.4 Å². The minimum atomic E-state index is -0.465. The molecule has 1 fully saturated rings. The van der Waals surface area contributed by atoms with Crippen LogP contribution in [0, 0.1) is 9.39 Å². The summed E-state index contributed by atoms with van der Waals surface area (Å²) in [6, 6.07) is 9.73. The van der Waals surface area contributed by atoms with E-state index in [1.807, 2.05) is 29.5 Å². The summed E-state index contributed by atoms with van der Waals surface area (Å²) in [7, 11) is 0. The number of phenolic OH excluding ortho intramolecular Hbond substituents is 1. The van der Waals surface area contributed by atoms with E-state index in [2.05, 4.69) is 10.6 Å². The largest absolute Gasteiger partial charge is 0.504 e. The molecule has 26 heavy (non-hydrogen) atoms. The fourth-order valence-electron chi connectivity index (χ4n) is 2.38. The van der Waals surface area contributed by atoms with Gasteiger partial charge < -0.3 is 20.5 Å². The van der Waals surface area contributed by atoms with E-state index in [1.54, 1.807) is 36.4 Å². The number of hydrogen-bond acceptors (Lipinski definition) is 5. The van der Waals surface area contributed by atoms with Gasteiger partial charge in [0.25, 0.3) is 5.91 Å². The summed E-state index contributed by atoms with van der Waals surface area (Å²) in [5.74, 6) is -0.174. The molecule has 1 heterocycles. The minimum absolute atomic E-state index is 0.0808. The second kappa shape index (κ2) is 8.17. The summed E-state index contributed by atoms with van der Waals surface area (Å²) < 4.78 is 19.8. The van der Waals surface area contributed by atoms with E-state index in [0.717, 1.165) is 5.56 Å². The molecule has 3 N–H and O–H groups in total. The third kappa shape index (κ3) is 4.24. The third-order valence-electron chi connectivity index (χ3n) is 3.54. The third-order valence-corrected chi connectivity index (χ3v) is 5.39. The predicted molar refractivity (Wildman–Crippen MR) is 110 cm³/mol. The highest BCUT2D eigenvalue weighted by molar-refractivity contribution is 14.1. The monoisotopic (exact) mass is 486 g/mol. The number of thioether (sulfide) groups is 1. The molecule has 5 nitrogen and oxygen atoms in total. The molecule has 136 valence electrons. The molecule has 2 aromatic carbocycles. The predicted octanol–water partition coefficient (Wildman–Crippen LogP) is 4.13. The van der Waals surface area contributed by atoms with Gasteiger partial charge in [0.2, 0.25) is 0 Å². The lowest BCUT2D eigenvalue weighted by Crippen LogP contribution is -2.31. The van der Waals surface area contributed by atoms with Crippen LogP contribution in [-0.2, 0) is 4.79 Å². The fourth-order valence-corrected chi connectivity index (χ4v) is 3.98. The van der Waals surface area contributed by atoms with Gasteiger partial charge in [-0.25, -0.2) is 4.39 Å². The summed E-state index contributed by atoms with van der Waals surface area (Å²) in [6.07, 6.45) is 1.72. The lowest BCUT2D eigenvalue weighted by atomic mass is 10.2. The zero-order valence-electron chi connectivity index (χ0n) is 13.8. The van der Waals surface area contributed by atoms with E-state index < -0.39 is 5.50 Å². The van der Waals surface area contributed by atoms with Crippen molar-refractivity contribution in [3.05, 3.63) is 56.3 Å². The van der Waals surface area contributed by atoms with Gasteiger partial charge in [0.05, 0.1) is 20.8 Å². The van der Waals surface area contributed by atoms with Crippen LogP contribution in [0.1, 0.15) is 12.5 Å². The van der Waals surface area contributed by atoms with E-state index in [9.17, 15) is 14.3 Å². The Balaban J connectivity index is 1.80. The van der Waals surface area contributed by atoms with Crippen molar-refractivity contribution in [1.29, 1.82) is 0 Å². The number of phenols is 1. The number of aromatic hydroxyl groups is 1. The number of carbonyl (C=O) groups excluding carboxylic acids is 1. The molecule has 1 amide bonds. The SMILES string of the molecule is CCOc1cc(/C=C2\SC(Nc3ccccc3F)NC2=O)cc(I)c1O. The molecule has 0 aromatic heterocycles. The number of carbonyl (C=O) groups is 1. The molecule has 0 spiro atoms. The number of hydrogen-bond donors (Lipinski definition) is 3. The van der Waals surface area contributed by atoms with Gasteiger partial charge in [0, 0.05) is 0 Å². The number of rotatable bonds is 5. The number of para-hydroxylation sites is 1. The number of nitrogens with one attached hydrogen (secondary N) is 2. The van der Waals surface area contributed by atoms with Crippen LogP contribution in [0.5, 0.6) is 11.5 Å². The quantitative estimate of drug-likeness (QED) is 0.438. The van der Waals surface area contributed by atoms with Gasteiger partial charge >= 0.3 is 0 Å². The average molecular weight is 486 g/mol. The van der Waals surface area contributed by atoms with Crippen molar-refractivity contribution in [1.82, 2.24) is 5.32 Å². The molecule has 1 unspecified atom stereocenters. The number of halogens is 2. The minimum Gasteiger partial charge on any atom is -0.504 e. The first-order valence-corrected chi connectivity index (χ1v) is 9.79. The van der Waals surface area contributed by atoms with E-state index >= 15 is 0 Å². The van der Waals surface area contributed by atoms with Crippen LogP contribution in [-0.4, -0.2) is 23.1 Å². The van der Waals surface area contributed by atoms with Gasteiger partial charge in [-0.15, -0.1) is 0 Å². The molecule has 3 rings (SSSR count). The number of amides is 1. The van der Waals surface area contributed by atoms with Crippen molar-refractivity contribution < 1.29 is 19.0 Å². The van der Waals surface area contributed by atoms with Gasteiger partial charge in [-0.05, 0) is 65.4 Å². The van der Waals surface area contributed by atoms with Crippen molar-refractivity contribution in [3.63, 3.8) is 0 Å². The molecule has 2 aromatic rings. The summed E-state index contributed by atoms with van der Waals surface area (Å²) in [4.78, 5) is 12.7. The Hall–Kier alpha value is -1.94. The molecular weight excluding hydrogens is 470 g/mol. The first kappa shape index (κ1) is 18.8. The molecule has 1 saturated heterocycles. The molecular formula is C18H16FIN2O3S. The first-order chi connectivity index (χ1) is 12.5. The van der Waals surface area contributed by atoms with E-state index in [1.165, 1.54) is 17.8 Å². The Kier molecular flexibility index (Phi) is 5.92. The van der Waals surface area contributed by atoms with Crippen molar-refractivity contribution in [2.24, 2.45) is 0 Å². The maximum Gasteiger partial charge on any atom is 0.260 e. The molecule has 1 atom stereocenters. The van der Waals surface area contributed by atoms with Gasteiger partial charge in [0.15, 0.2) is 17.0 Å². The Morgan fingerprint density at radius 2 is 2.19 bits per heavy atom. The summed E-state index contributed by atoms with van der Waals surface area (Å²) in [5.41, 5.74) is 0.595. The Labute approximate surface area is 168 Å². The van der Waals surface area contributed by atoms with Gasteiger partial charge in [-0.3, -0.25) is 4.79 Å². The Morgan fingerprint density at radius 3 is 2.92 bits per heavy atom. The van der Waals surface area contributed by atoms with Crippen LogP contribution in [0.2, 0.25) is 0 Å². The van der Waals surface area contributed by atoms with Crippen LogP contribution in [0.15, 0.2) is 41.3 Å². The fraction of sp³-hybridized carbons (Fsp3) is 0.167. The molecule has 1 aliphatic heterocycles. The molecule has 8 heteroatoms. The Morgan fingerprint density at radius 1 is 1.42 bits per heavy atom. The van der Waals surface area contributed by atoms with Crippen LogP contribution in [0.4, 0.5) is 10.1 Å². The van der Waals surface area contributed by atoms with E-state index in [0.29, 0.717) is 26.5 Å². The number of benzene rings is 2. The van der Waals surface area contributed by atoms with Gasteiger partial charge in [-0.2, -0.15) is 0 Å². The maximum atomic E-state index is 13.7. The average Bonchev–Trinajstić information content (AvgIpc) is 2.94. The maximum absolute atomic E-state index is 13.7. The van der Waals surface area contributed by atoms with Gasteiger partial charge in [0.1, 0.15) is 5.82 Å². The van der Waals surface area contributed by atoms with Crippen LogP contribution in [0.3, 0.4) is 0 Å². The standard InChI is InChI=1S/C18H16FIN2O3S/c1-2-25-14-8-10(7-12(20)16(14)23)9-15-17(24)22-18(26-15)21-13-6-4-3-5-11(13)19/h3-9,18,21,23H,2H2,1H3,(H,22,24)/b15-9-. The lowest BCUT2D eigenvalue weighted by molar-refractivity contribution is -0.116. The number of ether oxygens (including phenoxy) is 1. The highest BCUT2D eigenvalue weighted by atomic mass is 127. The molecule has 0 aliphatic carbocycles.